The number of carbonyl (C=O) groups is 1. The van der Waals surface area contributed by atoms with Crippen LogP contribution < -0.4 is 4.90 Å². The highest BCUT2D eigenvalue weighted by Crippen LogP contribution is 2.32. The number of carboxylic acid groups (broad SMARTS) is 1. The summed E-state index contributed by atoms with van der Waals surface area (Å²) in [5.74, 6) is -1.10. The zero-order valence-electron chi connectivity index (χ0n) is 9.99. The van der Waals surface area contributed by atoms with Crippen molar-refractivity contribution in [2.24, 2.45) is 0 Å². The highest BCUT2D eigenvalue weighted by Gasteiger charge is 2.30. The monoisotopic (exact) mass is 303 g/mol. The summed E-state index contributed by atoms with van der Waals surface area (Å²) in [6.45, 7) is -0.00394. The molecule has 106 valence electrons. The van der Waals surface area contributed by atoms with Crippen LogP contribution in [0.25, 0.3) is 0 Å². The second-order valence-corrected chi connectivity index (χ2v) is 4.50. The number of anilines is 1. The van der Waals surface area contributed by atoms with Gasteiger partial charge in [-0.15, -0.1) is 0 Å². The van der Waals surface area contributed by atoms with Crippen molar-refractivity contribution in [2.75, 3.05) is 11.4 Å². The minimum atomic E-state index is -4.41. The lowest BCUT2D eigenvalue weighted by atomic mass is 10.1. The third-order valence-electron chi connectivity index (χ3n) is 2.79. The Kier molecular flexibility index (Phi) is 3.76. The Bertz CT molecular complexity index is 591. The van der Waals surface area contributed by atoms with Gasteiger partial charge in [0.15, 0.2) is 0 Å². The number of hydrogen-bond donors (Lipinski definition) is 1. The highest BCUT2D eigenvalue weighted by molar-refractivity contribution is 6.31. The molecule has 0 aromatic heterocycles. The first-order valence-corrected chi connectivity index (χ1v) is 5.91. The first-order chi connectivity index (χ1) is 9.29. The molecule has 1 heterocycles. The Hall–Kier alpha value is -1.95. The van der Waals surface area contributed by atoms with Gasteiger partial charge in [0, 0.05) is 5.69 Å². The molecule has 0 aliphatic carbocycles. The van der Waals surface area contributed by atoms with Crippen molar-refractivity contribution in [3.63, 3.8) is 0 Å². The first kappa shape index (κ1) is 14.5. The van der Waals surface area contributed by atoms with Crippen molar-refractivity contribution in [2.45, 2.75) is 6.18 Å². The van der Waals surface area contributed by atoms with E-state index in [1.165, 1.54) is 29.2 Å². The van der Waals surface area contributed by atoms with Crippen molar-refractivity contribution in [3.8, 4) is 0 Å². The number of nitrogens with zero attached hydrogens (tertiary/aromatic N) is 1. The van der Waals surface area contributed by atoms with Crippen LogP contribution in [-0.4, -0.2) is 17.6 Å². The Morgan fingerprint density at radius 3 is 2.30 bits per heavy atom. The molecule has 1 aliphatic rings. The molecule has 1 N–H and O–H groups in total. The van der Waals surface area contributed by atoms with Gasteiger partial charge in [0.05, 0.1) is 17.7 Å². The van der Waals surface area contributed by atoms with Gasteiger partial charge in [-0.1, -0.05) is 11.6 Å². The molecule has 0 saturated carbocycles. The summed E-state index contributed by atoms with van der Waals surface area (Å²) in [5.41, 5.74) is -0.271. The molecule has 1 aromatic carbocycles. The topological polar surface area (TPSA) is 40.5 Å². The average molecular weight is 304 g/mol. The minimum absolute atomic E-state index is 0.00394. The molecule has 0 spiro atoms. The summed E-state index contributed by atoms with van der Waals surface area (Å²) in [5, 5.41) is 9.17. The first-order valence-electron chi connectivity index (χ1n) is 5.53. The lowest BCUT2D eigenvalue weighted by Gasteiger charge is -2.26. The lowest BCUT2D eigenvalue weighted by Crippen LogP contribution is -2.27. The van der Waals surface area contributed by atoms with Crippen molar-refractivity contribution in [1.29, 1.82) is 0 Å². The zero-order valence-corrected chi connectivity index (χ0v) is 10.7. The Balaban J connectivity index is 2.27. The Labute approximate surface area is 117 Å². The minimum Gasteiger partial charge on any atom is -0.478 e. The van der Waals surface area contributed by atoms with Gasteiger partial charge in [-0.05, 0) is 36.4 Å². The fraction of sp³-hybridized carbons (Fsp3) is 0.154. The average Bonchev–Trinajstić information content (AvgIpc) is 2.38. The van der Waals surface area contributed by atoms with E-state index in [0.29, 0.717) is 5.69 Å². The van der Waals surface area contributed by atoms with Gasteiger partial charge in [0.25, 0.3) is 0 Å². The van der Waals surface area contributed by atoms with Crippen molar-refractivity contribution in [1.82, 2.24) is 0 Å². The second kappa shape index (κ2) is 5.20. The summed E-state index contributed by atoms with van der Waals surface area (Å²) in [6.07, 6.45) is -1.65. The molecule has 3 nitrogen and oxygen atoms in total. The summed E-state index contributed by atoms with van der Waals surface area (Å²) in [7, 11) is 0. The van der Waals surface area contributed by atoms with E-state index in [1.807, 2.05) is 0 Å². The molecule has 7 heteroatoms. The molecular weight excluding hydrogens is 295 g/mol. The molecule has 20 heavy (non-hydrogen) atoms. The van der Waals surface area contributed by atoms with Gasteiger partial charge in [-0.25, -0.2) is 4.79 Å². The lowest BCUT2D eigenvalue weighted by molar-refractivity contribution is -0.137. The van der Waals surface area contributed by atoms with Crippen LogP contribution in [0, 0.1) is 0 Å². The van der Waals surface area contributed by atoms with Crippen molar-refractivity contribution >= 4 is 23.3 Å². The van der Waals surface area contributed by atoms with Crippen LogP contribution in [0.15, 0.2) is 47.1 Å². The molecule has 0 bridgehead atoms. The van der Waals surface area contributed by atoms with E-state index in [-0.39, 0.29) is 17.3 Å². The molecule has 1 aromatic rings. The molecule has 1 aliphatic heterocycles. The number of allylic oxidation sites excluding steroid dienone is 2. The predicted octanol–water partition coefficient (Wildman–Crippen LogP) is 3.62. The van der Waals surface area contributed by atoms with E-state index in [2.05, 4.69) is 0 Å². The fourth-order valence-corrected chi connectivity index (χ4v) is 1.96. The summed E-state index contributed by atoms with van der Waals surface area (Å²) in [4.78, 5) is 12.3. The maximum absolute atomic E-state index is 12.5. The number of alkyl halides is 3. The van der Waals surface area contributed by atoms with Crippen molar-refractivity contribution in [3.05, 3.63) is 52.7 Å². The summed E-state index contributed by atoms with van der Waals surface area (Å²) >= 11 is 5.94. The third kappa shape index (κ3) is 2.96. The van der Waals surface area contributed by atoms with Crippen LogP contribution in [0.4, 0.5) is 18.9 Å². The smallest absolute Gasteiger partial charge is 0.416 e. The van der Waals surface area contributed by atoms with Crippen molar-refractivity contribution < 1.29 is 23.1 Å². The van der Waals surface area contributed by atoms with E-state index in [0.717, 1.165) is 12.1 Å². The van der Waals surface area contributed by atoms with Gasteiger partial charge in [-0.2, -0.15) is 13.2 Å². The molecule has 2 rings (SSSR count). The van der Waals surface area contributed by atoms with Gasteiger partial charge < -0.3 is 10.0 Å². The van der Waals surface area contributed by atoms with Gasteiger partial charge >= 0.3 is 12.1 Å². The van der Waals surface area contributed by atoms with E-state index >= 15 is 0 Å². The standard InChI is InChI=1S/C13H9ClF3NO2/c14-11-6-1-8(12(19)20)7-18(11)10-4-2-9(3-5-10)13(15,16)17/h1-6H,7H2,(H,19,20). The molecule has 0 unspecified atom stereocenters. The molecule has 0 atom stereocenters. The van der Waals surface area contributed by atoms with Crippen LogP contribution >= 0.6 is 11.6 Å². The normalized spacial score (nSPS) is 15.7. The number of hydrogen-bond acceptors (Lipinski definition) is 2. The summed E-state index contributed by atoms with van der Waals surface area (Å²) < 4.78 is 37.4. The quantitative estimate of drug-likeness (QED) is 0.848. The second-order valence-electron chi connectivity index (χ2n) is 4.12. The van der Waals surface area contributed by atoms with Crippen LogP contribution in [0.2, 0.25) is 0 Å². The Morgan fingerprint density at radius 1 is 1.20 bits per heavy atom. The molecule has 0 saturated heterocycles. The molecule has 0 fully saturated rings. The van der Waals surface area contributed by atoms with Crippen LogP contribution in [-0.2, 0) is 11.0 Å². The number of rotatable bonds is 2. The van der Waals surface area contributed by atoms with Gasteiger partial charge in [0.1, 0.15) is 5.16 Å². The number of benzene rings is 1. The van der Waals surface area contributed by atoms with E-state index in [4.69, 9.17) is 16.7 Å². The van der Waals surface area contributed by atoms with E-state index in [1.54, 1.807) is 0 Å². The number of halogens is 4. The maximum Gasteiger partial charge on any atom is 0.416 e. The largest absolute Gasteiger partial charge is 0.478 e. The van der Waals surface area contributed by atoms with E-state index < -0.39 is 17.7 Å². The third-order valence-corrected chi connectivity index (χ3v) is 3.12. The Morgan fingerprint density at radius 2 is 1.80 bits per heavy atom. The number of carboxylic acids is 1. The maximum atomic E-state index is 12.5. The SMILES string of the molecule is O=C(O)C1=CC=C(Cl)N(c2ccc(C(F)(F)F)cc2)C1. The summed E-state index contributed by atoms with van der Waals surface area (Å²) in [6, 6.07) is 4.37. The van der Waals surface area contributed by atoms with Gasteiger partial charge in [-0.3, -0.25) is 0 Å². The van der Waals surface area contributed by atoms with Crippen LogP contribution in [0.3, 0.4) is 0 Å². The molecular formula is C13H9ClF3NO2. The highest BCUT2D eigenvalue weighted by atomic mass is 35.5. The van der Waals surface area contributed by atoms with E-state index in [9.17, 15) is 18.0 Å². The van der Waals surface area contributed by atoms with Gasteiger partial charge in [0.2, 0.25) is 0 Å². The predicted molar refractivity (Wildman–Crippen MR) is 68.4 cm³/mol. The van der Waals surface area contributed by atoms with Crippen LogP contribution in [0.1, 0.15) is 5.56 Å². The van der Waals surface area contributed by atoms with Crippen LogP contribution in [0.5, 0.6) is 0 Å². The number of aliphatic carboxylic acids is 1. The molecule has 0 radical (unpaired) electrons. The zero-order chi connectivity index (χ0) is 14.9. The fourth-order valence-electron chi connectivity index (χ4n) is 1.74. The molecule has 0 amide bonds.